The fraction of sp³-hybridized carbons (Fsp3) is 0.444. The van der Waals surface area contributed by atoms with E-state index >= 15 is 0 Å². The minimum absolute atomic E-state index is 0.0375. The second-order valence-corrected chi connectivity index (χ2v) is 10.5. The molecule has 0 saturated carbocycles. The van der Waals surface area contributed by atoms with Gasteiger partial charge in [-0.05, 0) is 26.7 Å². The molecule has 38 heavy (non-hydrogen) atoms. The number of rotatable bonds is 7. The summed E-state index contributed by atoms with van der Waals surface area (Å²) in [6, 6.07) is 7.65. The number of amides is 3. The molecule has 1 saturated heterocycles. The van der Waals surface area contributed by atoms with Gasteiger partial charge in [-0.15, -0.1) is 11.3 Å². The van der Waals surface area contributed by atoms with Gasteiger partial charge in [-0.1, -0.05) is 43.7 Å². The Balaban J connectivity index is 1.47. The number of thiazole rings is 1. The fourth-order valence-corrected chi connectivity index (χ4v) is 5.33. The second-order valence-electron chi connectivity index (χ2n) is 9.65. The van der Waals surface area contributed by atoms with Crippen LogP contribution in [0.3, 0.4) is 0 Å². The molecular formula is C27H34N6O4S. The highest BCUT2D eigenvalue weighted by molar-refractivity contribution is 7.12. The smallest absolute Gasteiger partial charge is 0.325 e. The summed E-state index contributed by atoms with van der Waals surface area (Å²) in [4.78, 5) is 45.9. The van der Waals surface area contributed by atoms with Crippen molar-refractivity contribution >= 4 is 29.2 Å². The van der Waals surface area contributed by atoms with Crippen LogP contribution in [-0.4, -0.2) is 81.3 Å². The summed E-state index contributed by atoms with van der Waals surface area (Å²) in [7, 11) is 0. The Hall–Kier alpha value is -3.73. The van der Waals surface area contributed by atoms with Crippen molar-refractivity contribution in [3.8, 4) is 16.4 Å². The Morgan fingerprint density at radius 1 is 1.18 bits per heavy atom. The lowest BCUT2D eigenvalue weighted by molar-refractivity contribution is -0.141. The normalized spacial score (nSPS) is 15.6. The van der Waals surface area contributed by atoms with Gasteiger partial charge >= 0.3 is 12.0 Å². The lowest BCUT2D eigenvalue weighted by atomic mass is 10.0. The monoisotopic (exact) mass is 538 g/mol. The Morgan fingerprint density at radius 2 is 1.92 bits per heavy atom. The van der Waals surface area contributed by atoms with Crippen LogP contribution in [0.25, 0.3) is 16.4 Å². The van der Waals surface area contributed by atoms with Crippen molar-refractivity contribution in [1.82, 2.24) is 29.9 Å². The van der Waals surface area contributed by atoms with E-state index in [0.717, 1.165) is 17.0 Å². The highest BCUT2D eigenvalue weighted by atomic mass is 32.1. The van der Waals surface area contributed by atoms with Crippen molar-refractivity contribution in [3.63, 3.8) is 0 Å². The molecule has 0 radical (unpaired) electrons. The number of aromatic nitrogens is 3. The minimum atomic E-state index is -0.480. The van der Waals surface area contributed by atoms with Gasteiger partial charge in [-0.3, -0.25) is 9.59 Å². The lowest BCUT2D eigenvalue weighted by Gasteiger charge is -2.39. The van der Waals surface area contributed by atoms with Crippen LogP contribution < -0.4 is 5.32 Å². The Kier molecular flexibility index (Phi) is 8.45. The maximum absolute atomic E-state index is 13.6. The van der Waals surface area contributed by atoms with E-state index in [1.807, 2.05) is 38.3 Å². The number of hydrogen-bond donors (Lipinski definition) is 1. The van der Waals surface area contributed by atoms with Crippen LogP contribution in [0.15, 0.2) is 35.8 Å². The van der Waals surface area contributed by atoms with Crippen molar-refractivity contribution in [2.75, 3.05) is 32.8 Å². The average Bonchev–Trinajstić information content (AvgIpc) is 3.55. The first-order valence-corrected chi connectivity index (χ1v) is 13.7. The summed E-state index contributed by atoms with van der Waals surface area (Å²) in [6.07, 6.45) is 1.62. The van der Waals surface area contributed by atoms with E-state index < -0.39 is 5.97 Å². The van der Waals surface area contributed by atoms with E-state index in [4.69, 9.17) is 9.72 Å². The Morgan fingerprint density at radius 3 is 2.58 bits per heavy atom. The van der Waals surface area contributed by atoms with Crippen molar-refractivity contribution in [1.29, 1.82) is 0 Å². The molecule has 0 aliphatic carbocycles. The number of hydrogen-bond acceptors (Lipinski definition) is 7. The zero-order valence-corrected chi connectivity index (χ0v) is 23.2. The lowest BCUT2D eigenvalue weighted by Crippen LogP contribution is -2.58. The Labute approximate surface area is 226 Å². The van der Waals surface area contributed by atoms with Crippen molar-refractivity contribution in [2.45, 2.75) is 46.6 Å². The maximum atomic E-state index is 13.6. The van der Waals surface area contributed by atoms with Gasteiger partial charge < -0.3 is 19.9 Å². The van der Waals surface area contributed by atoms with Gasteiger partial charge in [-0.2, -0.15) is 5.10 Å². The van der Waals surface area contributed by atoms with Crippen LogP contribution in [0.1, 0.15) is 55.2 Å². The van der Waals surface area contributed by atoms with Gasteiger partial charge in [0.05, 0.1) is 29.8 Å². The quantitative estimate of drug-likeness (QED) is 0.458. The zero-order chi connectivity index (χ0) is 27.4. The van der Waals surface area contributed by atoms with Gasteiger partial charge in [0.25, 0.3) is 5.91 Å². The Bertz CT molecular complexity index is 1300. The molecule has 3 amide bonds. The van der Waals surface area contributed by atoms with Crippen LogP contribution in [0.2, 0.25) is 0 Å². The van der Waals surface area contributed by atoms with E-state index in [1.165, 1.54) is 16.9 Å². The molecule has 11 heteroatoms. The number of esters is 1. The molecule has 1 unspecified atom stereocenters. The molecule has 1 aliphatic heterocycles. The van der Waals surface area contributed by atoms with Crippen molar-refractivity contribution in [2.24, 2.45) is 0 Å². The number of nitrogens with one attached hydrogen (secondary N) is 1. The number of ether oxygens (including phenoxy) is 1. The summed E-state index contributed by atoms with van der Waals surface area (Å²) >= 11 is 1.49. The number of carbonyl (C=O) groups excluding carboxylic acids is 3. The molecule has 0 bridgehead atoms. The van der Waals surface area contributed by atoms with Gasteiger partial charge in [0.1, 0.15) is 6.54 Å². The summed E-state index contributed by atoms with van der Waals surface area (Å²) in [5.41, 5.74) is 4.44. The van der Waals surface area contributed by atoms with E-state index in [2.05, 4.69) is 29.5 Å². The summed E-state index contributed by atoms with van der Waals surface area (Å²) in [6.45, 7) is 10.9. The van der Waals surface area contributed by atoms with E-state index in [1.54, 1.807) is 27.6 Å². The van der Waals surface area contributed by atoms with Crippen LogP contribution in [0.5, 0.6) is 0 Å². The molecule has 1 aromatic carbocycles. The number of urea groups is 1. The minimum Gasteiger partial charge on any atom is -0.465 e. The third kappa shape index (κ3) is 5.88. The summed E-state index contributed by atoms with van der Waals surface area (Å²) < 4.78 is 6.63. The molecule has 2 aromatic heterocycles. The van der Waals surface area contributed by atoms with Crippen molar-refractivity contribution < 1.29 is 19.1 Å². The average molecular weight is 539 g/mol. The van der Waals surface area contributed by atoms with Gasteiger partial charge in [0.15, 0.2) is 0 Å². The van der Waals surface area contributed by atoms with Crippen LogP contribution in [0.4, 0.5) is 4.79 Å². The van der Waals surface area contributed by atoms with Crippen LogP contribution in [-0.2, 0) is 9.53 Å². The number of benzene rings is 1. The molecule has 3 aromatic rings. The van der Waals surface area contributed by atoms with Gasteiger partial charge in [0, 0.05) is 36.6 Å². The highest BCUT2D eigenvalue weighted by Gasteiger charge is 2.33. The topological polar surface area (TPSA) is 110 Å². The highest BCUT2D eigenvalue weighted by Crippen LogP contribution is 2.29. The number of nitrogens with zero attached hydrogens (tertiary/aromatic N) is 5. The molecule has 0 spiro atoms. The standard InChI is InChI=1S/C27H34N6O4S/c1-6-37-23(34)14-28-26(36)32-12-11-31(15-19(32)5)25(35)21-13-29-33(24(21)17(2)3)27-30-22(16-38-27)20-9-7-18(4)8-10-20/h7-10,13,16-17,19H,6,11-12,14-15H2,1-5H3,(H,28,36). The molecule has 1 N–H and O–H groups in total. The number of aryl methyl sites for hydroxylation is 1. The molecule has 3 heterocycles. The van der Waals surface area contributed by atoms with Crippen molar-refractivity contribution in [3.05, 3.63) is 52.7 Å². The molecule has 1 atom stereocenters. The second kappa shape index (κ2) is 11.8. The van der Waals surface area contributed by atoms with Gasteiger partial charge in [-0.25, -0.2) is 14.5 Å². The molecule has 4 rings (SSSR count). The zero-order valence-electron chi connectivity index (χ0n) is 22.4. The largest absolute Gasteiger partial charge is 0.465 e. The van der Waals surface area contributed by atoms with E-state index in [-0.39, 0.29) is 37.0 Å². The molecule has 10 nitrogen and oxygen atoms in total. The third-order valence-corrected chi connectivity index (χ3v) is 7.29. The SMILES string of the molecule is CCOC(=O)CNC(=O)N1CCN(C(=O)c2cnn(-c3nc(-c4ccc(C)cc4)cs3)c2C(C)C)CC1C. The molecule has 1 fully saturated rings. The summed E-state index contributed by atoms with van der Waals surface area (Å²) in [5, 5.41) is 9.87. The summed E-state index contributed by atoms with van der Waals surface area (Å²) in [5.74, 6) is -0.559. The van der Waals surface area contributed by atoms with Crippen LogP contribution in [0, 0.1) is 6.92 Å². The van der Waals surface area contributed by atoms with Gasteiger partial charge in [0.2, 0.25) is 5.13 Å². The van der Waals surface area contributed by atoms with E-state index in [9.17, 15) is 14.4 Å². The first-order chi connectivity index (χ1) is 18.2. The van der Waals surface area contributed by atoms with E-state index in [0.29, 0.717) is 30.3 Å². The predicted molar refractivity (Wildman–Crippen MR) is 146 cm³/mol. The first-order valence-electron chi connectivity index (χ1n) is 12.8. The third-order valence-electron chi connectivity index (χ3n) is 6.47. The number of piperazine rings is 1. The maximum Gasteiger partial charge on any atom is 0.325 e. The fourth-order valence-electron chi connectivity index (χ4n) is 4.52. The molecule has 1 aliphatic rings. The predicted octanol–water partition coefficient (Wildman–Crippen LogP) is 3.85. The molecular weight excluding hydrogens is 504 g/mol. The first kappa shape index (κ1) is 27.3. The molecule has 202 valence electrons. The number of carbonyl (C=O) groups is 3. The van der Waals surface area contributed by atoms with Crippen LogP contribution >= 0.6 is 11.3 Å².